The first-order valence-corrected chi connectivity index (χ1v) is 6.78. The molecule has 1 N–H and O–H groups in total. The highest BCUT2D eigenvalue weighted by molar-refractivity contribution is 5.94. The molecule has 6 heteroatoms. The van der Waals surface area contributed by atoms with Crippen LogP contribution in [-0.4, -0.2) is 50.9 Å². The number of ether oxygens (including phenoxy) is 2. The number of rotatable bonds is 6. The Kier molecular flexibility index (Phi) is 5.31. The van der Waals surface area contributed by atoms with Gasteiger partial charge in [0.1, 0.15) is 6.61 Å². The minimum Gasteiger partial charge on any atom is -0.376 e. The van der Waals surface area contributed by atoms with Crippen LogP contribution in [0.4, 0.5) is 11.5 Å². The van der Waals surface area contributed by atoms with Crippen molar-refractivity contribution < 1.29 is 14.3 Å². The minimum absolute atomic E-state index is 0.0294. The average Bonchev–Trinajstić information content (AvgIpc) is 2.92. The summed E-state index contributed by atoms with van der Waals surface area (Å²) in [6.07, 6.45) is 3.91. The van der Waals surface area contributed by atoms with E-state index < -0.39 is 0 Å². The first-order valence-electron chi connectivity index (χ1n) is 6.78. The number of amides is 1. The van der Waals surface area contributed by atoms with E-state index in [1.807, 2.05) is 25.1 Å². The van der Waals surface area contributed by atoms with E-state index in [4.69, 9.17) is 9.47 Å². The van der Waals surface area contributed by atoms with Gasteiger partial charge >= 0.3 is 0 Å². The molecule has 1 unspecified atom stereocenters. The molecule has 0 saturated carbocycles. The number of carbonyl (C=O) groups excluding carboxylic acids is 1. The second-order valence-corrected chi connectivity index (χ2v) is 4.97. The van der Waals surface area contributed by atoms with Gasteiger partial charge in [0.05, 0.1) is 18.4 Å². The molecule has 1 atom stereocenters. The maximum Gasteiger partial charge on any atom is 0.250 e. The summed E-state index contributed by atoms with van der Waals surface area (Å²) < 4.78 is 10.8. The molecule has 0 aliphatic carbocycles. The summed E-state index contributed by atoms with van der Waals surface area (Å²) in [5, 5.41) is 2.81. The van der Waals surface area contributed by atoms with E-state index in [0.717, 1.165) is 25.3 Å². The number of hydrogen-bond donors (Lipinski definition) is 1. The van der Waals surface area contributed by atoms with Crippen LogP contribution in [0.5, 0.6) is 0 Å². The molecule has 1 fully saturated rings. The molecule has 1 saturated heterocycles. The van der Waals surface area contributed by atoms with E-state index in [9.17, 15) is 4.79 Å². The number of pyridine rings is 1. The zero-order valence-corrected chi connectivity index (χ0v) is 12.0. The van der Waals surface area contributed by atoms with E-state index in [2.05, 4.69) is 10.3 Å². The van der Waals surface area contributed by atoms with E-state index in [1.165, 1.54) is 0 Å². The summed E-state index contributed by atoms with van der Waals surface area (Å²) in [5.74, 6) is 0.541. The van der Waals surface area contributed by atoms with Gasteiger partial charge in [0.25, 0.3) is 0 Å². The Morgan fingerprint density at radius 2 is 2.45 bits per heavy atom. The van der Waals surface area contributed by atoms with Crippen LogP contribution in [0.15, 0.2) is 18.3 Å². The molecule has 2 rings (SSSR count). The van der Waals surface area contributed by atoms with Gasteiger partial charge in [0.2, 0.25) is 5.91 Å². The van der Waals surface area contributed by atoms with Crippen molar-refractivity contribution in [2.45, 2.75) is 18.9 Å². The van der Waals surface area contributed by atoms with Crippen molar-refractivity contribution in [1.29, 1.82) is 0 Å². The molecule has 1 aromatic rings. The fourth-order valence-electron chi connectivity index (χ4n) is 2.10. The fraction of sp³-hybridized carbons (Fsp3) is 0.571. The monoisotopic (exact) mass is 279 g/mol. The molecule has 0 spiro atoms. The van der Waals surface area contributed by atoms with Crippen molar-refractivity contribution in [1.82, 2.24) is 4.98 Å². The van der Waals surface area contributed by atoms with Crippen LogP contribution in [0.25, 0.3) is 0 Å². The Bertz CT molecular complexity index is 445. The molecule has 110 valence electrons. The third kappa shape index (κ3) is 4.18. The molecule has 0 aromatic carbocycles. The normalized spacial score (nSPS) is 18.0. The predicted octanol–water partition coefficient (Wildman–Crippen LogP) is 1.28. The lowest BCUT2D eigenvalue weighted by atomic mass is 10.2. The van der Waals surface area contributed by atoms with Crippen LogP contribution in [-0.2, 0) is 14.3 Å². The van der Waals surface area contributed by atoms with Crippen LogP contribution >= 0.6 is 0 Å². The number of nitrogens with zero attached hydrogens (tertiary/aromatic N) is 2. The summed E-state index contributed by atoms with van der Waals surface area (Å²) in [6, 6.07) is 3.61. The Balaban J connectivity index is 1.79. The van der Waals surface area contributed by atoms with Gasteiger partial charge in [-0.2, -0.15) is 0 Å². The van der Waals surface area contributed by atoms with Gasteiger partial charge in [-0.25, -0.2) is 4.98 Å². The smallest absolute Gasteiger partial charge is 0.250 e. The van der Waals surface area contributed by atoms with Gasteiger partial charge < -0.3 is 19.7 Å². The van der Waals surface area contributed by atoms with Gasteiger partial charge in [0, 0.05) is 26.9 Å². The molecular formula is C14H21N3O3. The zero-order valence-electron chi connectivity index (χ0n) is 12.0. The van der Waals surface area contributed by atoms with Gasteiger partial charge in [-0.1, -0.05) is 0 Å². The quantitative estimate of drug-likeness (QED) is 0.850. The Labute approximate surface area is 119 Å². The van der Waals surface area contributed by atoms with Crippen molar-refractivity contribution in [3.63, 3.8) is 0 Å². The largest absolute Gasteiger partial charge is 0.376 e. The summed E-state index contributed by atoms with van der Waals surface area (Å²) in [4.78, 5) is 17.9. The highest BCUT2D eigenvalue weighted by Gasteiger charge is 2.16. The first kappa shape index (κ1) is 14.7. The van der Waals surface area contributed by atoms with Gasteiger partial charge in [0.15, 0.2) is 5.82 Å². The molecule has 0 bridgehead atoms. The Morgan fingerprint density at radius 3 is 3.15 bits per heavy atom. The Morgan fingerprint density at radius 1 is 1.60 bits per heavy atom. The van der Waals surface area contributed by atoms with Crippen LogP contribution in [0.1, 0.15) is 12.8 Å². The summed E-state index contributed by atoms with van der Waals surface area (Å²) in [5.41, 5.74) is 0.684. The maximum absolute atomic E-state index is 11.8. The topological polar surface area (TPSA) is 63.7 Å². The number of nitrogens with one attached hydrogen (secondary N) is 1. The van der Waals surface area contributed by atoms with Crippen molar-refractivity contribution in [2.24, 2.45) is 0 Å². The highest BCUT2D eigenvalue weighted by Crippen LogP contribution is 2.20. The van der Waals surface area contributed by atoms with E-state index in [-0.39, 0.29) is 18.6 Å². The number of anilines is 2. The van der Waals surface area contributed by atoms with Crippen molar-refractivity contribution >= 4 is 17.4 Å². The molecule has 1 aromatic heterocycles. The van der Waals surface area contributed by atoms with Gasteiger partial charge in [-0.05, 0) is 25.0 Å². The standard InChI is InChI=1S/C14H21N3O3/c1-17(2)14-12(6-3-7-15-14)16-13(18)10-19-9-11-5-4-8-20-11/h3,6-7,11H,4-5,8-10H2,1-2H3,(H,16,18). The van der Waals surface area contributed by atoms with Crippen molar-refractivity contribution in [3.05, 3.63) is 18.3 Å². The molecule has 0 radical (unpaired) electrons. The van der Waals surface area contributed by atoms with Crippen molar-refractivity contribution in [3.8, 4) is 0 Å². The first-order chi connectivity index (χ1) is 9.66. The SMILES string of the molecule is CN(C)c1ncccc1NC(=O)COCC1CCCO1. The van der Waals surface area contributed by atoms with E-state index >= 15 is 0 Å². The highest BCUT2D eigenvalue weighted by atomic mass is 16.5. The number of hydrogen-bond acceptors (Lipinski definition) is 5. The molecule has 20 heavy (non-hydrogen) atoms. The summed E-state index contributed by atoms with van der Waals surface area (Å²) in [7, 11) is 3.76. The predicted molar refractivity (Wildman–Crippen MR) is 77.0 cm³/mol. The molecular weight excluding hydrogens is 258 g/mol. The Hall–Kier alpha value is -1.66. The van der Waals surface area contributed by atoms with E-state index in [1.54, 1.807) is 12.3 Å². The van der Waals surface area contributed by atoms with Crippen LogP contribution < -0.4 is 10.2 Å². The van der Waals surface area contributed by atoms with Crippen LogP contribution in [0.2, 0.25) is 0 Å². The maximum atomic E-state index is 11.8. The molecule has 1 aliphatic rings. The molecule has 2 heterocycles. The lowest BCUT2D eigenvalue weighted by molar-refractivity contribution is -0.121. The molecule has 1 aliphatic heterocycles. The lowest BCUT2D eigenvalue weighted by Crippen LogP contribution is -2.24. The third-order valence-corrected chi connectivity index (χ3v) is 3.05. The average molecular weight is 279 g/mol. The zero-order chi connectivity index (χ0) is 14.4. The summed E-state index contributed by atoms with van der Waals surface area (Å²) >= 11 is 0. The second-order valence-electron chi connectivity index (χ2n) is 4.97. The number of carbonyl (C=O) groups is 1. The van der Waals surface area contributed by atoms with Crippen LogP contribution in [0.3, 0.4) is 0 Å². The summed E-state index contributed by atoms with van der Waals surface area (Å²) in [6.45, 7) is 1.30. The second kappa shape index (κ2) is 7.21. The van der Waals surface area contributed by atoms with Gasteiger partial charge in [-0.3, -0.25) is 4.79 Å². The fourth-order valence-corrected chi connectivity index (χ4v) is 2.10. The van der Waals surface area contributed by atoms with Crippen LogP contribution in [0, 0.1) is 0 Å². The van der Waals surface area contributed by atoms with Gasteiger partial charge in [-0.15, -0.1) is 0 Å². The number of aromatic nitrogens is 1. The van der Waals surface area contributed by atoms with Crippen molar-refractivity contribution in [2.75, 3.05) is 44.1 Å². The third-order valence-electron chi connectivity index (χ3n) is 3.05. The van der Waals surface area contributed by atoms with E-state index in [0.29, 0.717) is 12.3 Å². The molecule has 1 amide bonds. The lowest BCUT2D eigenvalue weighted by Gasteiger charge is -2.16. The molecule has 6 nitrogen and oxygen atoms in total. The minimum atomic E-state index is -0.181.